The van der Waals surface area contributed by atoms with E-state index >= 15 is 0 Å². The lowest BCUT2D eigenvalue weighted by Gasteiger charge is -2.17. The average Bonchev–Trinajstić information content (AvgIpc) is 2.78. The molecule has 0 spiro atoms. The summed E-state index contributed by atoms with van der Waals surface area (Å²) >= 11 is 1.84. The van der Waals surface area contributed by atoms with Crippen LogP contribution in [0, 0.1) is 5.92 Å². The van der Waals surface area contributed by atoms with E-state index in [4.69, 9.17) is 9.47 Å². The molecular formula is C13H14O3S. The molecule has 0 fully saturated rings. The van der Waals surface area contributed by atoms with Gasteiger partial charge in [0.05, 0.1) is 0 Å². The predicted molar refractivity (Wildman–Crippen MR) is 67.1 cm³/mol. The first-order valence-electron chi connectivity index (χ1n) is 5.80. The average molecular weight is 250 g/mol. The minimum atomic E-state index is 0.0828. The van der Waals surface area contributed by atoms with Crippen molar-refractivity contribution in [1.29, 1.82) is 0 Å². The van der Waals surface area contributed by atoms with E-state index in [1.165, 1.54) is 0 Å². The van der Waals surface area contributed by atoms with Gasteiger partial charge < -0.3 is 9.47 Å². The summed E-state index contributed by atoms with van der Waals surface area (Å²) in [5.74, 6) is 3.76. The van der Waals surface area contributed by atoms with Gasteiger partial charge in [-0.2, -0.15) is 11.8 Å². The van der Waals surface area contributed by atoms with Gasteiger partial charge in [-0.05, 0) is 29.9 Å². The maximum Gasteiger partial charge on any atom is 0.231 e. The van der Waals surface area contributed by atoms with Crippen molar-refractivity contribution in [1.82, 2.24) is 0 Å². The molecule has 0 unspecified atom stereocenters. The number of benzene rings is 1. The minimum Gasteiger partial charge on any atom is -0.454 e. The quantitative estimate of drug-likeness (QED) is 0.709. The lowest BCUT2D eigenvalue weighted by molar-refractivity contribution is 0.0940. The second-order valence-corrected chi connectivity index (χ2v) is 5.60. The Labute approximate surface area is 104 Å². The van der Waals surface area contributed by atoms with Crippen LogP contribution in [0.2, 0.25) is 0 Å². The molecule has 4 heteroatoms. The standard InChI is InChI=1S/C13H14O3S/c1-8-6-17-3-2-9-4-11-12(16-7-15-11)5-10(9)13(8)14/h4-5,8H,2-3,6-7H2,1H3/t8-/m1/s1. The summed E-state index contributed by atoms with van der Waals surface area (Å²) < 4.78 is 10.7. The van der Waals surface area contributed by atoms with Gasteiger partial charge in [-0.25, -0.2) is 0 Å². The summed E-state index contributed by atoms with van der Waals surface area (Å²) in [5.41, 5.74) is 1.92. The maximum absolute atomic E-state index is 12.3. The van der Waals surface area contributed by atoms with Crippen LogP contribution >= 0.6 is 11.8 Å². The Morgan fingerprint density at radius 1 is 1.29 bits per heavy atom. The van der Waals surface area contributed by atoms with Crippen molar-refractivity contribution in [3.8, 4) is 11.5 Å². The van der Waals surface area contributed by atoms with Gasteiger partial charge in [0, 0.05) is 17.2 Å². The highest BCUT2D eigenvalue weighted by Crippen LogP contribution is 2.37. The monoisotopic (exact) mass is 250 g/mol. The molecule has 2 aliphatic rings. The molecule has 2 aliphatic heterocycles. The molecule has 3 nitrogen and oxygen atoms in total. The molecule has 0 radical (unpaired) electrons. The SMILES string of the molecule is C[C@@H]1CSCCc2cc3c(cc2C1=O)OCO3. The highest BCUT2D eigenvalue weighted by atomic mass is 32.2. The van der Waals surface area contributed by atoms with E-state index in [0.717, 1.165) is 34.8 Å². The van der Waals surface area contributed by atoms with Gasteiger partial charge in [-0.1, -0.05) is 6.92 Å². The molecule has 0 saturated carbocycles. The Balaban J connectivity index is 2.08. The number of carbonyl (C=O) groups is 1. The van der Waals surface area contributed by atoms with Crippen LogP contribution < -0.4 is 9.47 Å². The van der Waals surface area contributed by atoms with Gasteiger partial charge in [0.15, 0.2) is 17.3 Å². The molecule has 90 valence electrons. The van der Waals surface area contributed by atoms with Crippen molar-refractivity contribution in [2.75, 3.05) is 18.3 Å². The highest BCUT2D eigenvalue weighted by molar-refractivity contribution is 7.99. The Kier molecular flexibility index (Phi) is 2.74. The lowest BCUT2D eigenvalue weighted by Crippen LogP contribution is -2.18. The zero-order valence-corrected chi connectivity index (χ0v) is 10.5. The van der Waals surface area contributed by atoms with Crippen LogP contribution in [0.5, 0.6) is 11.5 Å². The third kappa shape index (κ3) is 1.90. The number of thioether (sulfide) groups is 1. The van der Waals surface area contributed by atoms with Crippen molar-refractivity contribution in [2.45, 2.75) is 13.3 Å². The van der Waals surface area contributed by atoms with E-state index in [0.29, 0.717) is 5.75 Å². The zero-order valence-electron chi connectivity index (χ0n) is 9.69. The first-order valence-corrected chi connectivity index (χ1v) is 6.95. The van der Waals surface area contributed by atoms with Crippen molar-refractivity contribution < 1.29 is 14.3 Å². The fraction of sp³-hybridized carbons (Fsp3) is 0.462. The van der Waals surface area contributed by atoms with Crippen LogP contribution in [0.25, 0.3) is 0 Å². The van der Waals surface area contributed by atoms with E-state index in [1.54, 1.807) is 0 Å². The number of Topliss-reactive ketones (excluding diaryl/α,β-unsaturated/α-hetero) is 1. The van der Waals surface area contributed by atoms with Crippen molar-refractivity contribution in [3.63, 3.8) is 0 Å². The largest absolute Gasteiger partial charge is 0.454 e. The number of rotatable bonds is 0. The fourth-order valence-corrected chi connectivity index (χ4v) is 3.24. The molecule has 0 N–H and O–H groups in total. The van der Waals surface area contributed by atoms with Gasteiger partial charge in [-0.15, -0.1) is 0 Å². The number of aryl methyl sites for hydroxylation is 1. The Bertz CT molecular complexity index is 470. The molecule has 17 heavy (non-hydrogen) atoms. The van der Waals surface area contributed by atoms with E-state index < -0.39 is 0 Å². The molecule has 0 aromatic heterocycles. The fourth-order valence-electron chi connectivity index (χ4n) is 2.20. The molecule has 1 atom stereocenters. The number of carbonyl (C=O) groups excluding carboxylic acids is 1. The number of ether oxygens (including phenoxy) is 2. The van der Waals surface area contributed by atoms with Crippen molar-refractivity contribution >= 4 is 17.5 Å². The van der Waals surface area contributed by atoms with E-state index in [-0.39, 0.29) is 18.5 Å². The van der Waals surface area contributed by atoms with Crippen molar-refractivity contribution in [3.05, 3.63) is 23.3 Å². The molecular weight excluding hydrogens is 236 g/mol. The molecule has 0 aliphatic carbocycles. The van der Waals surface area contributed by atoms with Crippen molar-refractivity contribution in [2.24, 2.45) is 5.92 Å². The van der Waals surface area contributed by atoms with E-state index in [2.05, 4.69) is 0 Å². The summed E-state index contributed by atoms with van der Waals surface area (Å²) in [6.45, 7) is 2.26. The second-order valence-electron chi connectivity index (χ2n) is 4.45. The molecule has 1 aromatic rings. The first-order chi connectivity index (χ1) is 8.25. The molecule has 0 bridgehead atoms. The topological polar surface area (TPSA) is 35.5 Å². The van der Waals surface area contributed by atoms with Crippen LogP contribution in [-0.2, 0) is 6.42 Å². The smallest absolute Gasteiger partial charge is 0.231 e. The van der Waals surface area contributed by atoms with Crippen LogP contribution in [-0.4, -0.2) is 24.1 Å². The Morgan fingerprint density at radius 3 is 2.88 bits per heavy atom. The molecule has 1 aromatic carbocycles. The van der Waals surface area contributed by atoms with Gasteiger partial charge >= 0.3 is 0 Å². The van der Waals surface area contributed by atoms with Gasteiger partial charge in [-0.3, -0.25) is 4.79 Å². The lowest BCUT2D eigenvalue weighted by atomic mass is 9.94. The molecule has 2 heterocycles. The highest BCUT2D eigenvalue weighted by Gasteiger charge is 2.25. The number of hydrogen-bond donors (Lipinski definition) is 0. The van der Waals surface area contributed by atoms with Crippen LogP contribution in [0.3, 0.4) is 0 Å². The normalized spacial score (nSPS) is 22.9. The Morgan fingerprint density at radius 2 is 2.06 bits per heavy atom. The van der Waals surface area contributed by atoms with Crippen LogP contribution in [0.1, 0.15) is 22.8 Å². The molecule has 0 saturated heterocycles. The van der Waals surface area contributed by atoms with E-state index in [9.17, 15) is 4.79 Å². The van der Waals surface area contributed by atoms with Crippen LogP contribution in [0.4, 0.5) is 0 Å². The number of fused-ring (bicyclic) bond motifs is 2. The molecule has 3 rings (SSSR count). The number of hydrogen-bond acceptors (Lipinski definition) is 4. The third-order valence-corrected chi connectivity index (χ3v) is 4.42. The zero-order chi connectivity index (χ0) is 11.8. The summed E-state index contributed by atoms with van der Waals surface area (Å²) in [7, 11) is 0. The summed E-state index contributed by atoms with van der Waals surface area (Å²) in [4.78, 5) is 12.3. The minimum absolute atomic E-state index is 0.0828. The Hall–Kier alpha value is -1.16. The maximum atomic E-state index is 12.3. The summed E-state index contributed by atoms with van der Waals surface area (Å²) in [6, 6.07) is 3.82. The van der Waals surface area contributed by atoms with Gasteiger partial charge in [0.1, 0.15) is 0 Å². The summed E-state index contributed by atoms with van der Waals surface area (Å²) in [5, 5.41) is 0. The third-order valence-electron chi connectivity index (χ3n) is 3.20. The second kappa shape index (κ2) is 4.26. The predicted octanol–water partition coefficient (Wildman–Crippen LogP) is 2.52. The van der Waals surface area contributed by atoms with E-state index in [1.807, 2.05) is 30.8 Å². The number of ketones is 1. The van der Waals surface area contributed by atoms with Crippen LogP contribution in [0.15, 0.2) is 12.1 Å². The summed E-state index contributed by atoms with van der Waals surface area (Å²) in [6.07, 6.45) is 0.926. The first kappa shape index (κ1) is 11.0. The van der Waals surface area contributed by atoms with Gasteiger partial charge in [0.2, 0.25) is 6.79 Å². The molecule has 0 amide bonds. The van der Waals surface area contributed by atoms with Gasteiger partial charge in [0.25, 0.3) is 0 Å².